The second kappa shape index (κ2) is 8.46. The maximum atomic E-state index is 9.86. The summed E-state index contributed by atoms with van der Waals surface area (Å²) in [4.78, 5) is 9.86. The number of carbonyl (C=O) groups is 1. The van der Waals surface area contributed by atoms with Crippen LogP contribution in [0.2, 0.25) is 8.94 Å². The molecule has 0 aliphatic heterocycles. The van der Waals surface area contributed by atoms with Crippen LogP contribution in [0.1, 0.15) is 26.2 Å². The van der Waals surface area contributed by atoms with Gasteiger partial charge in [0, 0.05) is 0 Å². The van der Waals surface area contributed by atoms with Gasteiger partial charge in [-0.05, 0) is 0 Å². The number of unbranched alkanes of at least 4 members (excludes halogenated alkanes) is 1. The number of aldehydes is 1. The van der Waals surface area contributed by atoms with Crippen LogP contribution in [0.25, 0.3) is 0 Å². The molecule has 1 nitrogen and oxygen atoms in total. The number of hydrogen-bond donors (Lipinski definition) is 0. The fourth-order valence-corrected chi connectivity index (χ4v) is 3.22. The summed E-state index contributed by atoms with van der Waals surface area (Å²) in [6.07, 6.45) is 4.54. The monoisotopic (exact) mass is 244 g/mol. The van der Waals surface area contributed by atoms with Crippen molar-refractivity contribution in [2.45, 2.75) is 35.1 Å². The van der Waals surface area contributed by atoms with E-state index in [0.717, 1.165) is 12.7 Å². The molecule has 2 heteroatoms. The zero-order valence-corrected chi connectivity index (χ0v) is 8.26. The predicted octanol–water partition coefficient (Wildman–Crippen LogP) is 1.92. The third kappa shape index (κ3) is 8.46. The van der Waals surface area contributed by atoms with Gasteiger partial charge in [0.25, 0.3) is 0 Å². The summed E-state index contributed by atoms with van der Waals surface area (Å²) in [7, 11) is 0. The van der Waals surface area contributed by atoms with Gasteiger partial charge in [-0.25, -0.2) is 0 Å². The van der Waals surface area contributed by atoms with E-state index in [9.17, 15) is 4.79 Å². The van der Waals surface area contributed by atoms with Crippen molar-refractivity contribution in [1.29, 1.82) is 0 Å². The van der Waals surface area contributed by atoms with Gasteiger partial charge < -0.3 is 0 Å². The van der Waals surface area contributed by atoms with Gasteiger partial charge >= 0.3 is 67.1 Å². The third-order valence-electron chi connectivity index (χ3n) is 1.02. The first-order chi connectivity index (χ1) is 4.41. The Balaban J connectivity index is 2.66. The molecule has 0 N–H and O–H groups in total. The van der Waals surface area contributed by atoms with Crippen LogP contribution in [0, 0.1) is 0 Å². The average molecular weight is 242 g/mol. The summed E-state index contributed by atoms with van der Waals surface area (Å²) in [5, 5.41) is 0. The summed E-state index contributed by atoms with van der Waals surface area (Å²) >= 11 is 0.227. The molecule has 0 atom stereocenters. The molecule has 0 bridgehead atoms. The SMILES string of the molecule is CCCC[Te]CCC=O. The van der Waals surface area contributed by atoms with Gasteiger partial charge in [-0.2, -0.15) is 0 Å². The summed E-state index contributed by atoms with van der Waals surface area (Å²) in [6.45, 7) is 2.21. The minimum atomic E-state index is 0.227. The maximum absolute atomic E-state index is 9.86. The first-order valence-electron chi connectivity index (χ1n) is 3.43. The molecule has 0 aromatic carbocycles. The van der Waals surface area contributed by atoms with E-state index in [1.807, 2.05) is 0 Å². The molecule has 0 aliphatic rings. The van der Waals surface area contributed by atoms with Crippen LogP contribution in [0.4, 0.5) is 0 Å². The molecule has 0 aliphatic carbocycles. The van der Waals surface area contributed by atoms with E-state index < -0.39 is 0 Å². The molecule has 0 saturated carbocycles. The van der Waals surface area contributed by atoms with Crippen LogP contribution in [0.5, 0.6) is 0 Å². The topological polar surface area (TPSA) is 17.1 Å². The average Bonchev–Trinajstić information content (AvgIpc) is 1.89. The van der Waals surface area contributed by atoms with Crippen molar-refractivity contribution >= 4 is 27.2 Å². The molecular formula is C7H14OTe. The Morgan fingerprint density at radius 3 is 2.78 bits per heavy atom. The molecule has 0 amide bonds. The van der Waals surface area contributed by atoms with Crippen LogP contribution in [0.15, 0.2) is 0 Å². The number of carbonyl (C=O) groups excluding carboxylic acids is 1. The van der Waals surface area contributed by atoms with E-state index >= 15 is 0 Å². The van der Waals surface area contributed by atoms with Crippen molar-refractivity contribution in [2.24, 2.45) is 0 Å². The number of rotatable bonds is 6. The van der Waals surface area contributed by atoms with E-state index in [4.69, 9.17) is 0 Å². The van der Waals surface area contributed by atoms with Crippen molar-refractivity contribution < 1.29 is 4.79 Å². The molecular weight excluding hydrogens is 228 g/mol. The van der Waals surface area contributed by atoms with E-state index in [2.05, 4.69) is 6.92 Å². The Morgan fingerprint density at radius 2 is 2.22 bits per heavy atom. The van der Waals surface area contributed by atoms with Crippen molar-refractivity contribution in [3.63, 3.8) is 0 Å². The molecule has 0 aromatic heterocycles. The normalized spacial score (nSPS) is 9.44. The van der Waals surface area contributed by atoms with Crippen LogP contribution < -0.4 is 0 Å². The van der Waals surface area contributed by atoms with Crippen molar-refractivity contribution in [3.05, 3.63) is 0 Å². The molecule has 0 heterocycles. The van der Waals surface area contributed by atoms with Gasteiger partial charge in [0.15, 0.2) is 0 Å². The molecule has 0 radical (unpaired) electrons. The summed E-state index contributed by atoms with van der Waals surface area (Å²) in [5.41, 5.74) is 0. The van der Waals surface area contributed by atoms with E-state index in [1.165, 1.54) is 21.8 Å². The van der Waals surface area contributed by atoms with Gasteiger partial charge in [-0.3, -0.25) is 0 Å². The van der Waals surface area contributed by atoms with E-state index in [-0.39, 0.29) is 20.9 Å². The van der Waals surface area contributed by atoms with Gasteiger partial charge in [-0.1, -0.05) is 0 Å². The molecule has 0 aromatic rings. The zero-order chi connectivity index (χ0) is 6.95. The molecule has 0 spiro atoms. The van der Waals surface area contributed by atoms with Crippen molar-refractivity contribution in [3.8, 4) is 0 Å². The molecule has 0 unspecified atom stereocenters. The Hall–Kier alpha value is 0.460. The number of hydrogen-bond acceptors (Lipinski definition) is 1. The fourth-order valence-electron chi connectivity index (χ4n) is 0.480. The summed E-state index contributed by atoms with van der Waals surface area (Å²) in [6, 6.07) is 0. The van der Waals surface area contributed by atoms with E-state index in [0.29, 0.717) is 0 Å². The van der Waals surface area contributed by atoms with E-state index in [1.54, 1.807) is 0 Å². The Kier molecular flexibility index (Phi) is 8.89. The Labute approximate surface area is 67.3 Å². The second-order valence-electron chi connectivity index (χ2n) is 1.92. The fraction of sp³-hybridized carbons (Fsp3) is 0.857. The van der Waals surface area contributed by atoms with Crippen molar-refractivity contribution in [1.82, 2.24) is 0 Å². The second-order valence-corrected chi connectivity index (χ2v) is 5.42. The van der Waals surface area contributed by atoms with Crippen LogP contribution >= 0.6 is 0 Å². The third-order valence-corrected chi connectivity index (χ3v) is 4.17. The zero-order valence-electron chi connectivity index (χ0n) is 5.93. The van der Waals surface area contributed by atoms with Gasteiger partial charge in [0.2, 0.25) is 0 Å². The molecule has 54 valence electrons. The van der Waals surface area contributed by atoms with Gasteiger partial charge in [0.1, 0.15) is 0 Å². The predicted molar refractivity (Wildman–Crippen MR) is 41.0 cm³/mol. The van der Waals surface area contributed by atoms with Crippen LogP contribution in [-0.2, 0) is 4.79 Å². The minimum absolute atomic E-state index is 0.227. The Bertz CT molecular complexity index is 63.9. The van der Waals surface area contributed by atoms with Crippen LogP contribution in [-0.4, -0.2) is 27.2 Å². The first-order valence-corrected chi connectivity index (χ1v) is 6.72. The quantitative estimate of drug-likeness (QED) is 0.395. The molecule has 9 heavy (non-hydrogen) atoms. The summed E-state index contributed by atoms with van der Waals surface area (Å²) in [5.74, 6) is 0. The van der Waals surface area contributed by atoms with Gasteiger partial charge in [-0.15, -0.1) is 0 Å². The molecule has 0 fully saturated rings. The van der Waals surface area contributed by atoms with Gasteiger partial charge in [0.05, 0.1) is 0 Å². The molecule has 0 rings (SSSR count). The van der Waals surface area contributed by atoms with Crippen molar-refractivity contribution in [2.75, 3.05) is 0 Å². The van der Waals surface area contributed by atoms with Crippen LogP contribution in [0.3, 0.4) is 0 Å². The Morgan fingerprint density at radius 1 is 1.44 bits per heavy atom. The standard InChI is InChI=1S/C7H14OTe/c1-2-3-6-9-7-4-5-8/h5H,2-4,6-7H2,1H3. The summed E-state index contributed by atoms with van der Waals surface area (Å²) < 4.78 is 2.64. The molecule has 0 saturated heterocycles. The first kappa shape index (κ1) is 9.46.